The predicted octanol–water partition coefficient (Wildman–Crippen LogP) is 3.23. The van der Waals surface area contributed by atoms with Gasteiger partial charge in [0, 0.05) is 6.61 Å². The van der Waals surface area contributed by atoms with Crippen LogP contribution >= 0.6 is 0 Å². The van der Waals surface area contributed by atoms with Crippen molar-refractivity contribution in [3.8, 4) is 11.8 Å². The molecule has 0 atom stereocenters. The summed E-state index contributed by atoms with van der Waals surface area (Å²) < 4.78 is 19.3. The second-order valence-corrected chi connectivity index (χ2v) is 5.34. The zero-order valence-corrected chi connectivity index (χ0v) is 11.8. The van der Waals surface area contributed by atoms with Crippen LogP contribution in [0.3, 0.4) is 0 Å². The molecule has 0 bridgehead atoms. The SMILES string of the molecule is NCC#Cc1cc(COCC2CCCCC2)ccc1F. The Hall–Kier alpha value is -1.37. The molecule has 0 amide bonds. The summed E-state index contributed by atoms with van der Waals surface area (Å²) in [5.41, 5.74) is 6.67. The molecule has 0 spiro atoms. The second kappa shape index (κ2) is 8.04. The molecule has 0 unspecified atom stereocenters. The summed E-state index contributed by atoms with van der Waals surface area (Å²) in [5.74, 6) is 5.82. The number of benzene rings is 1. The van der Waals surface area contributed by atoms with Gasteiger partial charge in [-0.1, -0.05) is 37.2 Å². The summed E-state index contributed by atoms with van der Waals surface area (Å²) in [4.78, 5) is 0. The Morgan fingerprint density at radius 1 is 1.25 bits per heavy atom. The maximum Gasteiger partial charge on any atom is 0.138 e. The van der Waals surface area contributed by atoms with E-state index in [4.69, 9.17) is 10.5 Å². The van der Waals surface area contributed by atoms with Gasteiger partial charge in [-0.3, -0.25) is 0 Å². The fourth-order valence-electron chi connectivity index (χ4n) is 2.60. The van der Waals surface area contributed by atoms with Crippen molar-refractivity contribution < 1.29 is 9.13 Å². The standard InChI is InChI=1S/C17H22FNO/c18-17-9-8-15(11-16(17)7-4-10-19)13-20-12-14-5-2-1-3-6-14/h8-9,11,14H,1-3,5-6,10,12-13,19H2. The van der Waals surface area contributed by atoms with Crippen LogP contribution in [0.1, 0.15) is 43.2 Å². The molecule has 2 rings (SSSR count). The van der Waals surface area contributed by atoms with Crippen LogP contribution in [-0.2, 0) is 11.3 Å². The van der Waals surface area contributed by atoms with Crippen LogP contribution in [0.15, 0.2) is 18.2 Å². The minimum atomic E-state index is -0.304. The molecule has 3 heteroatoms. The van der Waals surface area contributed by atoms with Crippen LogP contribution in [0.5, 0.6) is 0 Å². The van der Waals surface area contributed by atoms with Crippen molar-refractivity contribution in [2.75, 3.05) is 13.2 Å². The lowest BCUT2D eigenvalue weighted by Crippen LogP contribution is -2.13. The third kappa shape index (κ3) is 4.63. The van der Waals surface area contributed by atoms with Gasteiger partial charge < -0.3 is 10.5 Å². The summed E-state index contributed by atoms with van der Waals surface area (Å²) in [6.07, 6.45) is 6.55. The van der Waals surface area contributed by atoms with Crippen LogP contribution in [0.4, 0.5) is 4.39 Å². The maximum absolute atomic E-state index is 13.5. The van der Waals surface area contributed by atoms with Crippen molar-refractivity contribution in [2.45, 2.75) is 38.7 Å². The Kier molecular flexibility index (Phi) is 6.04. The first kappa shape index (κ1) is 15.0. The summed E-state index contributed by atoms with van der Waals surface area (Å²) >= 11 is 0. The van der Waals surface area contributed by atoms with Gasteiger partial charge in [-0.2, -0.15) is 0 Å². The van der Waals surface area contributed by atoms with Gasteiger partial charge in [0.05, 0.1) is 18.7 Å². The number of hydrogen-bond donors (Lipinski definition) is 1. The number of halogens is 1. The van der Waals surface area contributed by atoms with Crippen LogP contribution in [0, 0.1) is 23.6 Å². The Morgan fingerprint density at radius 2 is 2.05 bits per heavy atom. The average molecular weight is 275 g/mol. The van der Waals surface area contributed by atoms with Crippen LogP contribution in [0.25, 0.3) is 0 Å². The fourth-order valence-corrected chi connectivity index (χ4v) is 2.60. The van der Waals surface area contributed by atoms with E-state index in [0.717, 1.165) is 12.2 Å². The first-order valence-electron chi connectivity index (χ1n) is 7.34. The van der Waals surface area contributed by atoms with Crippen LogP contribution in [-0.4, -0.2) is 13.2 Å². The molecule has 0 radical (unpaired) electrons. The van der Waals surface area contributed by atoms with Crippen molar-refractivity contribution in [1.29, 1.82) is 0 Å². The zero-order chi connectivity index (χ0) is 14.2. The zero-order valence-electron chi connectivity index (χ0n) is 11.8. The van der Waals surface area contributed by atoms with Gasteiger partial charge in [-0.05, 0) is 36.5 Å². The third-order valence-corrected chi connectivity index (χ3v) is 3.70. The fraction of sp³-hybridized carbons (Fsp3) is 0.529. The smallest absolute Gasteiger partial charge is 0.138 e. The summed E-state index contributed by atoms with van der Waals surface area (Å²) in [7, 11) is 0. The van der Waals surface area contributed by atoms with E-state index in [2.05, 4.69) is 11.8 Å². The van der Waals surface area contributed by atoms with E-state index in [0.29, 0.717) is 18.1 Å². The topological polar surface area (TPSA) is 35.2 Å². The molecule has 1 aromatic carbocycles. The molecule has 1 aliphatic carbocycles. The minimum absolute atomic E-state index is 0.238. The van der Waals surface area contributed by atoms with Crippen LogP contribution < -0.4 is 5.73 Å². The van der Waals surface area contributed by atoms with E-state index in [-0.39, 0.29) is 12.4 Å². The molecule has 1 saturated carbocycles. The van der Waals surface area contributed by atoms with E-state index >= 15 is 0 Å². The molecule has 1 aliphatic rings. The van der Waals surface area contributed by atoms with E-state index in [1.807, 2.05) is 0 Å². The average Bonchev–Trinajstić information content (AvgIpc) is 2.49. The Morgan fingerprint density at radius 3 is 2.80 bits per heavy atom. The lowest BCUT2D eigenvalue weighted by molar-refractivity contribution is 0.0739. The van der Waals surface area contributed by atoms with Crippen molar-refractivity contribution in [1.82, 2.24) is 0 Å². The number of rotatable bonds is 4. The minimum Gasteiger partial charge on any atom is -0.376 e. The molecular weight excluding hydrogens is 253 g/mol. The second-order valence-electron chi connectivity index (χ2n) is 5.34. The predicted molar refractivity (Wildman–Crippen MR) is 78.6 cm³/mol. The number of hydrogen-bond acceptors (Lipinski definition) is 2. The molecule has 1 fully saturated rings. The van der Waals surface area contributed by atoms with Gasteiger partial charge in [-0.15, -0.1) is 0 Å². The van der Waals surface area contributed by atoms with Gasteiger partial charge in [0.15, 0.2) is 0 Å². The molecule has 2 nitrogen and oxygen atoms in total. The Labute approximate surface area is 120 Å². The number of nitrogens with two attached hydrogens (primary N) is 1. The molecule has 0 saturated heterocycles. The molecule has 0 aliphatic heterocycles. The first-order valence-corrected chi connectivity index (χ1v) is 7.34. The normalized spacial score (nSPS) is 15.7. The van der Waals surface area contributed by atoms with E-state index < -0.39 is 0 Å². The van der Waals surface area contributed by atoms with Gasteiger partial charge >= 0.3 is 0 Å². The highest BCUT2D eigenvalue weighted by atomic mass is 19.1. The van der Waals surface area contributed by atoms with Crippen molar-refractivity contribution >= 4 is 0 Å². The lowest BCUT2D eigenvalue weighted by Gasteiger charge is -2.21. The molecule has 1 aromatic rings. The molecule has 0 aromatic heterocycles. The molecule has 2 N–H and O–H groups in total. The Balaban J connectivity index is 1.86. The summed E-state index contributed by atoms with van der Waals surface area (Å²) in [5, 5.41) is 0. The first-order chi connectivity index (χ1) is 9.79. The molecule has 108 valence electrons. The molecule has 0 heterocycles. The van der Waals surface area contributed by atoms with Crippen molar-refractivity contribution in [3.05, 3.63) is 35.1 Å². The highest BCUT2D eigenvalue weighted by Crippen LogP contribution is 2.24. The monoisotopic (exact) mass is 275 g/mol. The van der Waals surface area contributed by atoms with Crippen molar-refractivity contribution in [2.24, 2.45) is 11.7 Å². The molecule has 20 heavy (non-hydrogen) atoms. The largest absolute Gasteiger partial charge is 0.376 e. The van der Waals surface area contributed by atoms with Crippen LogP contribution in [0.2, 0.25) is 0 Å². The van der Waals surface area contributed by atoms with Gasteiger partial charge in [-0.25, -0.2) is 4.39 Å². The van der Waals surface area contributed by atoms with Gasteiger partial charge in [0.1, 0.15) is 5.82 Å². The highest BCUT2D eigenvalue weighted by Gasteiger charge is 2.13. The quantitative estimate of drug-likeness (QED) is 0.856. The Bertz CT molecular complexity index is 483. The summed E-state index contributed by atoms with van der Waals surface area (Å²) in [6.45, 7) is 1.57. The summed E-state index contributed by atoms with van der Waals surface area (Å²) in [6, 6.07) is 4.95. The maximum atomic E-state index is 13.5. The highest BCUT2D eigenvalue weighted by molar-refractivity contribution is 5.38. The van der Waals surface area contributed by atoms with E-state index in [9.17, 15) is 4.39 Å². The third-order valence-electron chi connectivity index (χ3n) is 3.70. The van der Waals surface area contributed by atoms with Crippen molar-refractivity contribution in [3.63, 3.8) is 0 Å². The van der Waals surface area contributed by atoms with Gasteiger partial charge in [0.2, 0.25) is 0 Å². The number of ether oxygens (including phenoxy) is 1. The van der Waals surface area contributed by atoms with E-state index in [1.54, 1.807) is 12.1 Å². The van der Waals surface area contributed by atoms with E-state index in [1.165, 1.54) is 38.2 Å². The lowest BCUT2D eigenvalue weighted by atomic mass is 9.90. The van der Waals surface area contributed by atoms with Gasteiger partial charge in [0.25, 0.3) is 0 Å². The molecular formula is C17H22FNO.